The number of aliphatic carboxylic acids is 1. The third-order valence-corrected chi connectivity index (χ3v) is 4.40. The van der Waals surface area contributed by atoms with Gasteiger partial charge in [0.2, 0.25) is 0 Å². The SMILES string of the molecule is CN(CCC#N)C(=O)N1C2CCC1CC(CC(=O)O)C2. The summed E-state index contributed by atoms with van der Waals surface area (Å²) in [5.41, 5.74) is 0. The summed E-state index contributed by atoms with van der Waals surface area (Å²) in [4.78, 5) is 26.8. The van der Waals surface area contributed by atoms with Crippen molar-refractivity contribution in [3.8, 4) is 6.07 Å². The van der Waals surface area contributed by atoms with E-state index in [2.05, 4.69) is 0 Å². The molecule has 0 spiro atoms. The highest BCUT2D eigenvalue weighted by Gasteiger charge is 2.44. The largest absolute Gasteiger partial charge is 0.481 e. The number of piperidine rings is 1. The first kappa shape index (κ1) is 14.6. The van der Waals surface area contributed by atoms with Crippen molar-refractivity contribution < 1.29 is 14.7 Å². The zero-order valence-corrected chi connectivity index (χ0v) is 11.8. The van der Waals surface area contributed by atoms with Gasteiger partial charge in [-0.25, -0.2) is 4.79 Å². The number of carboxylic acids is 1. The summed E-state index contributed by atoms with van der Waals surface area (Å²) in [6.07, 6.45) is 4.07. The molecule has 2 amide bonds. The fourth-order valence-electron chi connectivity index (χ4n) is 3.53. The van der Waals surface area contributed by atoms with Crippen LogP contribution in [0.5, 0.6) is 0 Å². The molecule has 0 aromatic carbocycles. The maximum absolute atomic E-state index is 12.4. The Hall–Kier alpha value is -1.77. The summed E-state index contributed by atoms with van der Waals surface area (Å²) in [7, 11) is 1.72. The van der Waals surface area contributed by atoms with Gasteiger partial charge in [0, 0.05) is 32.1 Å². The normalized spacial score (nSPS) is 28.0. The van der Waals surface area contributed by atoms with Gasteiger partial charge in [-0.3, -0.25) is 4.79 Å². The highest BCUT2D eigenvalue weighted by molar-refractivity contribution is 5.75. The summed E-state index contributed by atoms with van der Waals surface area (Å²) in [5.74, 6) is -0.557. The van der Waals surface area contributed by atoms with Crippen molar-refractivity contribution in [2.45, 2.75) is 50.6 Å². The van der Waals surface area contributed by atoms with Crippen LogP contribution in [0.25, 0.3) is 0 Å². The first-order valence-electron chi connectivity index (χ1n) is 7.15. The van der Waals surface area contributed by atoms with E-state index < -0.39 is 5.97 Å². The number of amides is 2. The van der Waals surface area contributed by atoms with E-state index in [4.69, 9.17) is 10.4 Å². The van der Waals surface area contributed by atoms with Gasteiger partial charge in [0.15, 0.2) is 0 Å². The molecule has 2 atom stereocenters. The van der Waals surface area contributed by atoms with E-state index in [0.29, 0.717) is 13.0 Å². The number of carboxylic acid groups (broad SMARTS) is 1. The van der Waals surface area contributed by atoms with Crippen molar-refractivity contribution in [2.75, 3.05) is 13.6 Å². The average molecular weight is 279 g/mol. The molecule has 2 aliphatic heterocycles. The molecule has 0 saturated carbocycles. The van der Waals surface area contributed by atoms with Crippen molar-refractivity contribution in [1.82, 2.24) is 9.80 Å². The van der Waals surface area contributed by atoms with E-state index >= 15 is 0 Å². The molecule has 2 bridgehead atoms. The topological polar surface area (TPSA) is 84.6 Å². The molecular formula is C14H21N3O3. The Balaban J connectivity index is 1.97. The second kappa shape index (κ2) is 6.12. The zero-order chi connectivity index (χ0) is 14.7. The van der Waals surface area contributed by atoms with Crippen molar-refractivity contribution in [3.63, 3.8) is 0 Å². The lowest BCUT2D eigenvalue weighted by molar-refractivity contribution is -0.138. The quantitative estimate of drug-likeness (QED) is 0.848. The van der Waals surface area contributed by atoms with Gasteiger partial charge in [0.05, 0.1) is 12.5 Å². The van der Waals surface area contributed by atoms with Crippen LogP contribution in [-0.4, -0.2) is 52.6 Å². The summed E-state index contributed by atoms with van der Waals surface area (Å²) in [5, 5.41) is 17.5. The van der Waals surface area contributed by atoms with E-state index in [1.165, 1.54) is 0 Å². The van der Waals surface area contributed by atoms with E-state index in [-0.39, 0.29) is 30.5 Å². The fourth-order valence-corrected chi connectivity index (χ4v) is 3.53. The number of fused-ring (bicyclic) bond motifs is 2. The summed E-state index contributed by atoms with van der Waals surface area (Å²) < 4.78 is 0. The minimum absolute atomic E-state index is 0.0125. The number of urea groups is 1. The number of nitriles is 1. The number of hydrogen-bond acceptors (Lipinski definition) is 3. The van der Waals surface area contributed by atoms with E-state index in [0.717, 1.165) is 25.7 Å². The monoisotopic (exact) mass is 279 g/mol. The predicted octanol–water partition coefficient (Wildman–Crippen LogP) is 1.67. The van der Waals surface area contributed by atoms with Crippen LogP contribution >= 0.6 is 0 Å². The Labute approximate surface area is 119 Å². The Kier molecular flexibility index (Phi) is 4.48. The lowest BCUT2D eigenvalue weighted by Crippen LogP contribution is -2.51. The first-order valence-corrected chi connectivity index (χ1v) is 7.15. The molecule has 110 valence electrons. The summed E-state index contributed by atoms with van der Waals surface area (Å²) >= 11 is 0. The summed E-state index contributed by atoms with van der Waals surface area (Å²) in [6, 6.07) is 2.39. The van der Waals surface area contributed by atoms with Crippen LogP contribution in [0, 0.1) is 17.2 Å². The van der Waals surface area contributed by atoms with E-state index in [9.17, 15) is 9.59 Å². The second-order valence-electron chi connectivity index (χ2n) is 5.84. The minimum Gasteiger partial charge on any atom is -0.481 e. The molecule has 2 heterocycles. The average Bonchev–Trinajstić information content (AvgIpc) is 2.66. The number of nitrogens with zero attached hydrogens (tertiary/aromatic N) is 3. The van der Waals surface area contributed by atoms with Crippen molar-refractivity contribution in [1.29, 1.82) is 5.26 Å². The molecular weight excluding hydrogens is 258 g/mol. The lowest BCUT2D eigenvalue weighted by Gasteiger charge is -2.40. The van der Waals surface area contributed by atoms with Gasteiger partial charge >= 0.3 is 12.0 Å². The molecule has 20 heavy (non-hydrogen) atoms. The smallest absolute Gasteiger partial charge is 0.320 e. The molecule has 0 aromatic heterocycles. The Morgan fingerprint density at radius 2 is 1.95 bits per heavy atom. The van der Waals surface area contributed by atoms with Gasteiger partial charge in [-0.05, 0) is 31.6 Å². The molecule has 1 N–H and O–H groups in total. The second-order valence-corrected chi connectivity index (χ2v) is 5.84. The molecule has 2 unspecified atom stereocenters. The highest BCUT2D eigenvalue weighted by atomic mass is 16.4. The molecule has 2 fully saturated rings. The number of carbonyl (C=O) groups is 2. The minimum atomic E-state index is -0.750. The summed E-state index contributed by atoms with van der Waals surface area (Å²) in [6.45, 7) is 0.448. The molecule has 2 rings (SSSR count). The Morgan fingerprint density at radius 1 is 1.35 bits per heavy atom. The Morgan fingerprint density at radius 3 is 2.45 bits per heavy atom. The van der Waals surface area contributed by atoms with Gasteiger partial charge in [-0.15, -0.1) is 0 Å². The van der Waals surface area contributed by atoms with Gasteiger partial charge in [0.1, 0.15) is 0 Å². The molecule has 2 aliphatic rings. The molecule has 0 aliphatic carbocycles. The maximum Gasteiger partial charge on any atom is 0.320 e. The fraction of sp³-hybridized carbons (Fsp3) is 0.786. The molecule has 2 saturated heterocycles. The van der Waals surface area contributed by atoms with Crippen LogP contribution in [0.3, 0.4) is 0 Å². The third-order valence-electron chi connectivity index (χ3n) is 4.40. The highest BCUT2D eigenvalue weighted by Crippen LogP contribution is 2.40. The van der Waals surface area contributed by atoms with Crippen LogP contribution in [-0.2, 0) is 4.79 Å². The van der Waals surface area contributed by atoms with Gasteiger partial charge < -0.3 is 14.9 Å². The Bertz CT molecular complexity index is 418. The van der Waals surface area contributed by atoms with Crippen LogP contribution < -0.4 is 0 Å². The standard InChI is InChI=1S/C14H21N3O3/c1-16(6-2-5-15)14(20)17-11-3-4-12(17)8-10(7-11)9-13(18)19/h10-12H,2-4,6-9H2,1H3,(H,18,19). The van der Waals surface area contributed by atoms with Gasteiger partial charge in [-0.2, -0.15) is 5.26 Å². The van der Waals surface area contributed by atoms with E-state index in [1.807, 2.05) is 11.0 Å². The molecule has 0 aromatic rings. The van der Waals surface area contributed by atoms with Crippen LogP contribution in [0.1, 0.15) is 38.5 Å². The lowest BCUT2D eigenvalue weighted by atomic mass is 9.88. The van der Waals surface area contributed by atoms with Crippen molar-refractivity contribution >= 4 is 12.0 Å². The molecule has 0 radical (unpaired) electrons. The van der Waals surface area contributed by atoms with Crippen LogP contribution in [0.4, 0.5) is 4.79 Å². The number of rotatable bonds is 4. The van der Waals surface area contributed by atoms with Crippen LogP contribution in [0.15, 0.2) is 0 Å². The van der Waals surface area contributed by atoms with Gasteiger partial charge in [0.25, 0.3) is 0 Å². The molecule has 6 nitrogen and oxygen atoms in total. The van der Waals surface area contributed by atoms with Crippen LogP contribution in [0.2, 0.25) is 0 Å². The van der Waals surface area contributed by atoms with Gasteiger partial charge in [-0.1, -0.05) is 0 Å². The number of hydrogen-bond donors (Lipinski definition) is 1. The van der Waals surface area contributed by atoms with Crippen molar-refractivity contribution in [3.05, 3.63) is 0 Å². The molecule has 6 heteroatoms. The third kappa shape index (κ3) is 3.03. The van der Waals surface area contributed by atoms with Crippen molar-refractivity contribution in [2.24, 2.45) is 5.92 Å². The predicted molar refractivity (Wildman–Crippen MR) is 71.9 cm³/mol. The number of carbonyl (C=O) groups excluding carboxylic acids is 1. The maximum atomic E-state index is 12.4. The van der Waals surface area contributed by atoms with E-state index in [1.54, 1.807) is 11.9 Å². The first-order chi connectivity index (χ1) is 9.52. The zero-order valence-electron chi connectivity index (χ0n) is 11.8.